The van der Waals surface area contributed by atoms with Gasteiger partial charge in [0.05, 0.1) is 5.56 Å². The molecule has 0 saturated carbocycles. The van der Waals surface area contributed by atoms with Crippen LogP contribution in [0.5, 0.6) is 0 Å². The van der Waals surface area contributed by atoms with Gasteiger partial charge in [0.2, 0.25) is 0 Å². The molecule has 0 amide bonds. The molecule has 0 aromatic heterocycles. The minimum Gasteiger partial charge on any atom is -0.478 e. The average Bonchev–Trinajstić information content (AvgIpc) is 2.31. The van der Waals surface area contributed by atoms with E-state index < -0.39 is 17.6 Å². The molecule has 0 heterocycles. The molecule has 0 unspecified atom stereocenters. The van der Waals surface area contributed by atoms with Crippen LogP contribution in [0.4, 0.5) is 8.78 Å². The molecule has 0 aliphatic carbocycles. The van der Waals surface area contributed by atoms with Crippen LogP contribution in [0.25, 0.3) is 11.1 Å². The summed E-state index contributed by atoms with van der Waals surface area (Å²) in [4.78, 5) is 10.8. The highest BCUT2D eigenvalue weighted by atomic mass is 19.1. The van der Waals surface area contributed by atoms with Crippen LogP contribution in [0.1, 0.15) is 15.9 Å². The van der Waals surface area contributed by atoms with Gasteiger partial charge in [-0.1, -0.05) is 12.1 Å². The second kappa shape index (κ2) is 4.56. The van der Waals surface area contributed by atoms with Gasteiger partial charge >= 0.3 is 5.97 Å². The van der Waals surface area contributed by atoms with Gasteiger partial charge in [0, 0.05) is 0 Å². The molecule has 2 aromatic carbocycles. The fourth-order valence-corrected chi connectivity index (χ4v) is 1.79. The van der Waals surface area contributed by atoms with E-state index in [0.717, 1.165) is 6.07 Å². The van der Waals surface area contributed by atoms with Gasteiger partial charge in [-0.05, 0) is 47.9 Å². The predicted molar refractivity (Wildman–Crippen MR) is 63.5 cm³/mol. The lowest BCUT2D eigenvalue weighted by Crippen LogP contribution is -1.98. The standard InChI is InChI=1S/C14H10F2O2/c1-8-12(3-2-4-13(8)16)9-5-10(14(17)18)7-11(15)6-9/h2-7H,1H3,(H,17,18). The first-order valence-corrected chi connectivity index (χ1v) is 5.28. The molecule has 2 nitrogen and oxygen atoms in total. The molecule has 0 spiro atoms. The molecular weight excluding hydrogens is 238 g/mol. The van der Waals surface area contributed by atoms with E-state index in [-0.39, 0.29) is 5.56 Å². The Hall–Kier alpha value is -2.23. The molecule has 0 fully saturated rings. The second-order valence-corrected chi connectivity index (χ2v) is 3.95. The summed E-state index contributed by atoms with van der Waals surface area (Å²) in [6.45, 7) is 1.57. The third-order valence-electron chi connectivity index (χ3n) is 2.72. The van der Waals surface area contributed by atoms with Crippen molar-refractivity contribution in [1.29, 1.82) is 0 Å². The Morgan fingerprint density at radius 1 is 1.17 bits per heavy atom. The summed E-state index contributed by atoms with van der Waals surface area (Å²) >= 11 is 0. The maximum absolute atomic E-state index is 13.4. The van der Waals surface area contributed by atoms with Crippen molar-refractivity contribution in [2.75, 3.05) is 0 Å². The number of carbonyl (C=O) groups is 1. The number of hydrogen-bond acceptors (Lipinski definition) is 1. The Labute approximate surface area is 103 Å². The van der Waals surface area contributed by atoms with E-state index >= 15 is 0 Å². The Morgan fingerprint density at radius 2 is 1.89 bits per heavy atom. The number of halogens is 2. The molecule has 0 atom stereocenters. The van der Waals surface area contributed by atoms with E-state index in [4.69, 9.17) is 5.11 Å². The molecule has 2 rings (SSSR count). The van der Waals surface area contributed by atoms with Gasteiger partial charge in [-0.2, -0.15) is 0 Å². The third-order valence-corrected chi connectivity index (χ3v) is 2.72. The van der Waals surface area contributed by atoms with Gasteiger partial charge in [-0.15, -0.1) is 0 Å². The van der Waals surface area contributed by atoms with Crippen molar-refractivity contribution in [3.05, 3.63) is 59.2 Å². The van der Waals surface area contributed by atoms with E-state index in [0.29, 0.717) is 16.7 Å². The first-order valence-electron chi connectivity index (χ1n) is 5.28. The van der Waals surface area contributed by atoms with Crippen molar-refractivity contribution in [2.24, 2.45) is 0 Å². The molecule has 0 radical (unpaired) electrons. The van der Waals surface area contributed by atoms with Crippen LogP contribution in [-0.4, -0.2) is 11.1 Å². The summed E-state index contributed by atoms with van der Waals surface area (Å²) in [6, 6.07) is 7.87. The van der Waals surface area contributed by atoms with Crippen LogP contribution in [0.15, 0.2) is 36.4 Å². The SMILES string of the molecule is Cc1c(F)cccc1-c1cc(F)cc(C(=O)O)c1. The van der Waals surface area contributed by atoms with Gasteiger partial charge in [-0.3, -0.25) is 0 Å². The van der Waals surface area contributed by atoms with E-state index in [1.54, 1.807) is 13.0 Å². The van der Waals surface area contributed by atoms with Crippen molar-refractivity contribution in [1.82, 2.24) is 0 Å². The van der Waals surface area contributed by atoms with Crippen LogP contribution in [0.2, 0.25) is 0 Å². The first-order chi connectivity index (χ1) is 8.49. The fraction of sp³-hybridized carbons (Fsp3) is 0.0714. The summed E-state index contributed by atoms with van der Waals surface area (Å²) in [6.07, 6.45) is 0. The summed E-state index contributed by atoms with van der Waals surface area (Å²) in [7, 11) is 0. The van der Waals surface area contributed by atoms with E-state index in [2.05, 4.69) is 0 Å². The average molecular weight is 248 g/mol. The first kappa shape index (κ1) is 12.2. The minimum atomic E-state index is -1.22. The van der Waals surface area contributed by atoms with Crippen molar-refractivity contribution >= 4 is 5.97 Å². The van der Waals surface area contributed by atoms with Crippen LogP contribution < -0.4 is 0 Å². The smallest absolute Gasteiger partial charge is 0.335 e. The number of rotatable bonds is 2. The summed E-state index contributed by atoms with van der Waals surface area (Å²) in [5.74, 6) is -2.29. The van der Waals surface area contributed by atoms with Crippen LogP contribution >= 0.6 is 0 Å². The molecule has 0 aliphatic rings. The highest BCUT2D eigenvalue weighted by Crippen LogP contribution is 2.26. The number of carboxylic acid groups (broad SMARTS) is 1. The van der Waals surface area contributed by atoms with E-state index in [1.807, 2.05) is 0 Å². The second-order valence-electron chi connectivity index (χ2n) is 3.95. The van der Waals surface area contributed by atoms with Crippen molar-refractivity contribution < 1.29 is 18.7 Å². The number of hydrogen-bond donors (Lipinski definition) is 1. The maximum Gasteiger partial charge on any atom is 0.335 e. The number of carboxylic acids is 1. The molecule has 0 bridgehead atoms. The van der Waals surface area contributed by atoms with Gasteiger partial charge in [0.25, 0.3) is 0 Å². The third kappa shape index (κ3) is 2.22. The van der Waals surface area contributed by atoms with Crippen molar-refractivity contribution in [3.63, 3.8) is 0 Å². The van der Waals surface area contributed by atoms with E-state index in [9.17, 15) is 13.6 Å². The zero-order valence-corrected chi connectivity index (χ0v) is 9.58. The highest BCUT2D eigenvalue weighted by Gasteiger charge is 2.11. The number of benzene rings is 2. The van der Waals surface area contributed by atoms with Crippen LogP contribution in [0, 0.1) is 18.6 Å². The van der Waals surface area contributed by atoms with Crippen LogP contribution in [-0.2, 0) is 0 Å². The molecule has 2 aromatic rings. The Balaban J connectivity index is 2.64. The molecule has 4 heteroatoms. The van der Waals surface area contributed by atoms with Gasteiger partial charge < -0.3 is 5.11 Å². The lowest BCUT2D eigenvalue weighted by atomic mass is 9.98. The van der Waals surface area contributed by atoms with Crippen molar-refractivity contribution in [3.8, 4) is 11.1 Å². The normalized spacial score (nSPS) is 10.4. The summed E-state index contributed by atoms with van der Waals surface area (Å²) < 4.78 is 26.8. The van der Waals surface area contributed by atoms with Gasteiger partial charge in [0.15, 0.2) is 0 Å². The minimum absolute atomic E-state index is 0.159. The Bertz CT molecular complexity index is 621. The summed E-state index contributed by atoms with van der Waals surface area (Å²) in [5.41, 5.74) is 1.04. The zero-order chi connectivity index (χ0) is 13.3. The van der Waals surface area contributed by atoms with E-state index in [1.165, 1.54) is 24.3 Å². The zero-order valence-electron chi connectivity index (χ0n) is 9.58. The lowest BCUT2D eigenvalue weighted by molar-refractivity contribution is 0.0696. The molecule has 1 N–H and O–H groups in total. The number of aromatic carboxylic acids is 1. The maximum atomic E-state index is 13.4. The largest absolute Gasteiger partial charge is 0.478 e. The molecule has 92 valence electrons. The lowest BCUT2D eigenvalue weighted by Gasteiger charge is -2.08. The molecule has 0 saturated heterocycles. The van der Waals surface area contributed by atoms with Gasteiger partial charge in [-0.25, -0.2) is 13.6 Å². The van der Waals surface area contributed by atoms with Crippen LogP contribution in [0.3, 0.4) is 0 Å². The Kier molecular flexibility index (Phi) is 3.10. The van der Waals surface area contributed by atoms with Crippen molar-refractivity contribution in [2.45, 2.75) is 6.92 Å². The molecular formula is C14H10F2O2. The Morgan fingerprint density at radius 3 is 2.56 bits per heavy atom. The predicted octanol–water partition coefficient (Wildman–Crippen LogP) is 3.64. The highest BCUT2D eigenvalue weighted by molar-refractivity contribution is 5.89. The topological polar surface area (TPSA) is 37.3 Å². The monoisotopic (exact) mass is 248 g/mol. The molecule has 0 aliphatic heterocycles. The fourth-order valence-electron chi connectivity index (χ4n) is 1.79. The quantitative estimate of drug-likeness (QED) is 0.880. The molecule has 18 heavy (non-hydrogen) atoms. The van der Waals surface area contributed by atoms with Gasteiger partial charge in [0.1, 0.15) is 11.6 Å². The summed E-state index contributed by atoms with van der Waals surface area (Å²) in [5, 5.41) is 8.86.